The lowest BCUT2D eigenvalue weighted by Crippen LogP contribution is -2.25. The Labute approximate surface area is 192 Å². The molecular formula is C26H29ClFNOS. The third-order valence-electron chi connectivity index (χ3n) is 6.96. The molecule has 1 aliphatic carbocycles. The van der Waals surface area contributed by atoms with Crippen LogP contribution in [0.1, 0.15) is 62.5 Å². The lowest BCUT2D eigenvalue weighted by Gasteiger charge is -2.33. The van der Waals surface area contributed by atoms with Crippen LogP contribution in [0.25, 0.3) is 10.1 Å². The molecule has 0 aliphatic heterocycles. The fourth-order valence-electron chi connectivity index (χ4n) is 5.00. The predicted octanol–water partition coefficient (Wildman–Crippen LogP) is 8.46. The van der Waals surface area contributed by atoms with Gasteiger partial charge in [0.1, 0.15) is 5.82 Å². The number of hydrogen-bond acceptors (Lipinski definition) is 3. The zero-order valence-corrected chi connectivity index (χ0v) is 19.4. The monoisotopic (exact) mass is 457 g/mol. The van der Waals surface area contributed by atoms with Crippen LogP contribution in [-0.2, 0) is 6.42 Å². The summed E-state index contributed by atoms with van der Waals surface area (Å²) in [7, 11) is 0. The second-order valence-corrected chi connectivity index (χ2v) is 10.2. The summed E-state index contributed by atoms with van der Waals surface area (Å²) in [5.74, 6) is 1.09. The van der Waals surface area contributed by atoms with Crippen LogP contribution in [0.3, 0.4) is 0 Å². The molecule has 1 aliphatic rings. The number of benzene rings is 2. The smallest absolute Gasteiger partial charge is 0.141 e. The average molecular weight is 458 g/mol. The molecule has 2 nitrogen and oxygen atoms in total. The van der Waals surface area contributed by atoms with E-state index in [-0.39, 0.29) is 16.8 Å². The van der Waals surface area contributed by atoms with Gasteiger partial charge in [-0.15, -0.1) is 11.3 Å². The molecule has 1 saturated carbocycles. The van der Waals surface area contributed by atoms with Crippen LogP contribution in [0.15, 0.2) is 53.0 Å². The van der Waals surface area contributed by atoms with E-state index in [0.717, 1.165) is 30.5 Å². The Balaban J connectivity index is 1.29. The normalized spacial score (nSPS) is 20.8. The van der Waals surface area contributed by atoms with Crippen molar-refractivity contribution < 1.29 is 9.60 Å². The second-order valence-electron chi connectivity index (χ2n) is 8.81. The molecule has 0 bridgehead atoms. The highest BCUT2D eigenvalue weighted by atomic mass is 35.5. The third kappa shape index (κ3) is 5.30. The van der Waals surface area contributed by atoms with Gasteiger partial charge in [-0.1, -0.05) is 41.9 Å². The third-order valence-corrected chi connectivity index (χ3v) is 8.15. The first-order valence-electron chi connectivity index (χ1n) is 11.2. The lowest BCUT2D eigenvalue weighted by atomic mass is 9.72. The summed E-state index contributed by atoms with van der Waals surface area (Å²) in [4.78, 5) is 0. The van der Waals surface area contributed by atoms with Crippen molar-refractivity contribution in [1.29, 1.82) is 0 Å². The summed E-state index contributed by atoms with van der Waals surface area (Å²) >= 11 is 7.67. The van der Waals surface area contributed by atoms with Crippen LogP contribution in [0.2, 0.25) is 5.02 Å². The van der Waals surface area contributed by atoms with E-state index in [1.807, 2.05) is 0 Å². The van der Waals surface area contributed by atoms with Crippen LogP contribution in [0.5, 0.6) is 0 Å². The molecule has 4 rings (SSSR count). The van der Waals surface area contributed by atoms with E-state index < -0.39 is 0 Å². The van der Waals surface area contributed by atoms with E-state index in [1.165, 1.54) is 47.4 Å². The number of oxime groups is 1. The minimum atomic E-state index is -0.387. The molecule has 1 atom stereocenters. The minimum absolute atomic E-state index is 0.164. The molecule has 0 saturated heterocycles. The molecule has 0 spiro atoms. The van der Waals surface area contributed by atoms with E-state index >= 15 is 0 Å². The first kappa shape index (κ1) is 22.3. The first-order chi connectivity index (χ1) is 15.0. The van der Waals surface area contributed by atoms with Crippen molar-refractivity contribution in [3.05, 3.63) is 69.8 Å². The Morgan fingerprint density at radius 1 is 1.16 bits per heavy atom. The number of rotatable bonds is 7. The summed E-state index contributed by atoms with van der Waals surface area (Å²) in [5, 5.41) is 17.0. The van der Waals surface area contributed by atoms with E-state index in [2.05, 4.69) is 41.7 Å². The zero-order chi connectivity index (χ0) is 21.8. The largest absolute Gasteiger partial charge is 0.411 e. The quantitative estimate of drug-likeness (QED) is 0.215. The maximum atomic E-state index is 13.3. The molecule has 1 aromatic heterocycles. The van der Waals surface area contributed by atoms with Gasteiger partial charge in [-0.05, 0) is 103 Å². The average Bonchev–Trinajstić information content (AvgIpc) is 3.27. The van der Waals surface area contributed by atoms with Gasteiger partial charge in [0.2, 0.25) is 0 Å². The standard InChI is InChI=1S/C26H29ClFNOS/c1-17(25(29-30)4-2-3-18-5-11-24(28)23(27)15-18)19-6-8-20(9-7-19)21-10-12-26-22(16-21)13-14-31-26/h5,10-17,19-20,30H,2-4,6-9H2,1H3/b29-25+. The summed E-state index contributed by atoms with van der Waals surface area (Å²) in [6.07, 6.45) is 7.13. The molecule has 1 heterocycles. The number of fused-ring (bicyclic) bond motifs is 1. The Morgan fingerprint density at radius 2 is 1.97 bits per heavy atom. The van der Waals surface area contributed by atoms with Crippen LogP contribution in [0, 0.1) is 17.7 Å². The molecule has 31 heavy (non-hydrogen) atoms. The molecule has 0 amide bonds. The van der Waals surface area contributed by atoms with Gasteiger partial charge in [-0.2, -0.15) is 0 Å². The number of aryl methyl sites for hydroxylation is 1. The van der Waals surface area contributed by atoms with Crippen molar-refractivity contribution in [3.8, 4) is 0 Å². The highest BCUT2D eigenvalue weighted by Gasteiger charge is 2.28. The van der Waals surface area contributed by atoms with Crippen molar-refractivity contribution in [2.45, 2.75) is 57.8 Å². The Hall–Kier alpha value is -1.91. The maximum Gasteiger partial charge on any atom is 0.141 e. The fraction of sp³-hybridized carbons (Fsp3) is 0.423. The SMILES string of the molecule is CC(/C(CCCc1ccc(F)c(Cl)c1)=N/O)C1CCC(c2ccc3sccc3c2)CC1. The Bertz CT molecular complexity index is 1050. The molecule has 3 aromatic rings. The van der Waals surface area contributed by atoms with Gasteiger partial charge in [-0.3, -0.25) is 0 Å². The van der Waals surface area contributed by atoms with Crippen molar-refractivity contribution in [2.24, 2.45) is 17.0 Å². The van der Waals surface area contributed by atoms with Crippen LogP contribution >= 0.6 is 22.9 Å². The van der Waals surface area contributed by atoms with Crippen molar-refractivity contribution in [3.63, 3.8) is 0 Å². The van der Waals surface area contributed by atoms with Gasteiger partial charge in [-0.25, -0.2) is 4.39 Å². The summed E-state index contributed by atoms with van der Waals surface area (Å²) in [5.41, 5.74) is 3.36. The summed E-state index contributed by atoms with van der Waals surface area (Å²) < 4.78 is 14.7. The van der Waals surface area contributed by atoms with E-state index in [4.69, 9.17) is 11.6 Å². The maximum absolute atomic E-state index is 13.3. The number of halogens is 2. The van der Waals surface area contributed by atoms with E-state index in [1.54, 1.807) is 23.5 Å². The van der Waals surface area contributed by atoms with Crippen LogP contribution < -0.4 is 0 Å². The van der Waals surface area contributed by atoms with Gasteiger partial charge in [0.05, 0.1) is 10.7 Å². The first-order valence-corrected chi connectivity index (χ1v) is 12.4. The van der Waals surface area contributed by atoms with Gasteiger partial charge in [0.15, 0.2) is 0 Å². The predicted molar refractivity (Wildman–Crippen MR) is 129 cm³/mol. The van der Waals surface area contributed by atoms with Gasteiger partial charge in [0, 0.05) is 10.6 Å². The van der Waals surface area contributed by atoms with Crippen LogP contribution in [-0.4, -0.2) is 10.9 Å². The molecular weight excluding hydrogens is 429 g/mol. The van der Waals surface area contributed by atoms with E-state index in [9.17, 15) is 9.60 Å². The van der Waals surface area contributed by atoms with Gasteiger partial charge >= 0.3 is 0 Å². The number of hydrogen-bond donors (Lipinski definition) is 1. The number of thiophene rings is 1. The van der Waals surface area contributed by atoms with Crippen LogP contribution in [0.4, 0.5) is 4.39 Å². The molecule has 0 radical (unpaired) electrons. The van der Waals surface area contributed by atoms with Crippen molar-refractivity contribution in [2.75, 3.05) is 0 Å². The van der Waals surface area contributed by atoms with Crippen molar-refractivity contribution >= 4 is 38.7 Å². The fourth-order valence-corrected chi connectivity index (χ4v) is 5.98. The lowest BCUT2D eigenvalue weighted by molar-refractivity contribution is 0.270. The molecule has 5 heteroatoms. The molecule has 2 aromatic carbocycles. The summed E-state index contributed by atoms with van der Waals surface area (Å²) in [6.45, 7) is 2.20. The topological polar surface area (TPSA) is 32.6 Å². The summed E-state index contributed by atoms with van der Waals surface area (Å²) in [6, 6.07) is 14.0. The Kier molecular flexibility index (Phi) is 7.29. The van der Waals surface area contributed by atoms with Gasteiger partial charge < -0.3 is 5.21 Å². The molecule has 1 unspecified atom stereocenters. The highest BCUT2D eigenvalue weighted by Crippen LogP contribution is 2.40. The van der Waals surface area contributed by atoms with Crippen molar-refractivity contribution in [1.82, 2.24) is 0 Å². The Morgan fingerprint density at radius 3 is 2.71 bits per heavy atom. The molecule has 1 N–H and O–H groups in total. The second kappa shape index (κ2) is 10.1. The number of nitrogens with zero attached hydrogens (tertiary/aromatic N) is 1. The highest BCUT2D eigenvalue weighted by molar-refractivity contribution is 7.17. The molecule has 1 fully saturated rings. The molecule has 164 valence electrons. The zero-order valence-electron chi connectivity index (χ0n) is 17.9. The van der Waals surface area contributed by atoms with E-state index in [0.29, 0.717) is 11.8 Å². The minimum Gasteiger partial charge on any atom is -0.411 e. The van der Waals surface area contributed by atoms with Gasteiger partial charge in [0.25, 0.3) is 0 Å².